The Hall–Kier alpha value is -4.11. The molecule has 0 aliphatic carbocycles. The van der Waals surface area contributed by atoms with Gasteiger partial charge < -0.3 is 4.57 Å². The van der Waals surface area contributed by atoms with Gasteiger partial charge in [-0.1, -0.05) is 73.5 Å². The predicted molar refractivity (Wildman–Crippen MR) is 155 cm³/mol. The molecule has 0 aliphatic rings. The first-order valence-corrected chi connectivity index (χ1v) is 12.7. The fourth-order valence-corrected chi connectivity index (χ4v) is 5.23. The third kappa shape index (κ3) is 3.91. The number of nitrogens with zero attached hydrogens (tertiary/aromatic N) is 3. The number of hydrogen-bond acceptors (Lipinski definition) is 1. The molecule has 6 rings (SSSR count). The third-order valence-corrected chi connectivity index (χ3v) is 6.73. The van der Waals surface area contributed by atoms with E-state index in [9.17, 15) is 0 Å². The second kappa shape index (κ2) is 9.50. The lowest BCUT2D eigenvalue weighted by atomic mass is 9.98. The molecule has 0 N–H and O–H groups in total. The van der Waals surface area contributed by atoms with E-state index in [2.05, 4.69) is 109 Å². The van der Waals surface area contributed by atoms with Crippen LogP contribution in [-0.2, 0) is 13.5 Å². The topological polar surface area (TPSA) is 22.8 Å². The highest BCUT2D eigenvalue weighted by atomic mass is 15.2. The van der Waals surface area contributed by atoms with Gasteiger partial charge in [0, 0.05) is 17.8 Å². The van der Waals surface area contributed by atoms with Gasteiger partial charge >= 0.3 is 0 Å². The summed E-state index contributed by atoms with van der Waals surface area (Å²) in [6, 6.07) is 28.6. The van der Waals surface area contributed by atoms with Crippen LogP contribution in [0.15, 0.2) is 91.5 Å². The minimum atomic E-state index is 0.853. The number of benzene rings is 4. The molecule has 2 heterocycles. The molecule has 180 valence electrons. The van der Waals surface area contributed by atoms with Gasteiger partial charge in [0.1, 0.15) is 0 Å². The van der Waals surface area contributed by atoms with Crippen molar-refractivity contribution >= 4 is 32.8 Å². The van der Waals surface area contributed by atoms with E-state index in [0.717, 1.165) is 28.9 Å². The molecule has 2 aromatic heterocycles. The van der Waals surface area contributed by atoms with E-state index in [0.29, 0.717) is 0 Å². The Bertz CT molecular complexity index is 1710. The van der Waals surface area contributed by atoms with E-state index in [1.165, 1.54) is 44.1 Å². The van der Waals surface area contributed by atoms with Gasteiger partial charge in [0.05, 0.1) is 22.1 Å². The lowest BCUT2D eigenvalue weighted by Gasteiger charge is -2.09. The van der Waals surface area contributed by atoms with Crippen molar-refractivity contribution in [2.75, 3.05) is 0 Å². The van der Waals surface area contributed by atoms with E-state index in [1.54, 1.807) is 0 Å². The van der Waals surface area contributed by atoms with E-state index < -0.39 is 0 Å². The van der Waals surface area contributed by atoms with Crippen molar-refractivity contribution in [3.05, 3.63) is 108 Å². The van der Waals surface area contributed by atoms with Crippen LogP contribution in [0.2, 0.25) is 0 Å². The number of hydrogen-bond donors (Lipinski definition) is 0. The minimum absolute atomic E-state index is 0.853. The third-order valence-electron chi connectivity index (χ3n) is 6.73. The van der Waals surface area contributed by atoms with Crippen LogP contribution >= 0.6 is 0 Å². The van der Waals surface area contributed by atoms with Gasteiger partial charge in [-0.2, -0.15) is 0 Å². The van der Waals surface area contributed by atoms with Gasteiger partial charge in [-0.3, -0.25) is 4.57 Å². The van der Waals surface area contributed by atoms with Crippen molar-refractivity contribution in [3.8, 4) is 17.1 Å². The predicted octanol–water partition coefficient (Wildman–Crippen LogP) is 8.71. The minimum Gasteiger partial charge on any atom is -0.313 e. The summed E-state index contributed by atoms with van der Waals surface area (Å²) >= 11 is 0. The Labute approximate surface area is 213 Å². The van der Waals surface area contributed by atoms with Crippen molar-refractivity contribution < 1.29 is 0 Å². The summed E-state index contributed by atoms with van der Waals surface area (Å²) in [6.07, 6.45) is 2.82. The first kappa shape index (κ1) is 23.6. The fourth-order valence-electron chi connectivity index (χ4n) is 5.23. The Morgan fingerprint density at radius 2 is 1.42 bits per heavy atom. The van der Waals surface area contributed by atoms with Crippen LogP contribution in [0.4, 0.5) is 0 Å². The molecule has 6 aromatic rings. The molecule has 0 unspecified atom stereocenters. The maximum Gasteiger partial charge on any atom is 0.215 e. The van der Waals surface area contributed by atoms with Gasteiger partial charge in [0.15, 0.2) is 0 Å². The number of imidazole rings is 1. The molecule has 3 nitrogen and oxygen atoms in total. The van der Waals surface area contributed by atoms with Gasteiger partial charge in [-0.25, -0.2) is 4.98 Å². The largest absolute Gasteiger partial charge is 0.313 e. The summed E-state index contributed by atoms with van der Waals surface area (Å²) in [5.41, 5.74) is 10.8. The number of para-hydroxylation sites is 2. The highest BCUT2D eigenvalue weighted by molar-refractivity contribution is 6.10. The molecule has 0 spiro atoms. The van der Waals surface area contributed by atoms with Crippen LogP contribution < -0.4 is 0 Å². The summed E-state index contributed by atoms with van der Waals surface area (Å²) in [5.74, 6) is 0.928. The van der Waals surface area contributed by atoms with Gasteiger partial charge in [-0.05, 0) is 73.4 Å². The van der Waals surface area contributed by atoms with Crippen LogP contribution in [-0.4, -0.2) is 14.1 Å². The summed E-state index contributed by atoms with van der Waals surface area (Å²) < 4.78 is 4.48. The lowest BCUT2D eigenvalue weighted by Crippen LogP contribution is -2.03. The molecule has 0 saturated heterocycles. The first-order chi connectivity index (χ1) is 17.5. The Kier molecular flexibility index (Phi) is 6.24. The van der Waals surface area contributed by atoms with Crippen LogP contribution in [0.5, 0.6) is 0 Å². The number of fused-ring (bicyclic) bond motifs is 4. The van der Waals surface area contributed by atoms with Crippen LogP contribution in [0.3, 0.4) is 0 Å². The number of rotatable bonds is 4. The average molecular weight is 472 g/mol. The standard InChI is InChI=1S/C31H27N3.C2H6/c1-5-8-22-11-13-28-25(18-22)26-19-23(24-16-20(2)15-21(3)17-24)12-14-29(26)34(28)31-32-27-9-6-7-10-30(27)33(31)4;1-2/h5-7,9-19H,1,8H2,2-4H3;1-2H3. The molecule has 0 saturated carbocycles. The summed E-state index contributed by atoms with van der Waals surface area (Å²) in [6.45, 7) is 12.3. The number of aryl methyl sites for hydroxylation is 3. The molecule has 0 bridgehead atoms. The Balaban J connectivity index is 0.00000130. The summed E-state index contributed by atoms with van der Waals surface area (Å²) in [7, 11) is 2.10. The van der Waals surface area contributed by atoms with Crippen molar-refractivity contribution in [1.82, 2.24) is 14.1 Å². The van der Waals surface area contributed by atoms with E-state index in [4.69, 9.17) is 4.98 Å². The Morgan fingerprint density at radius 1 is 0.750 bits per heavy atom. The molecular weight excluding hydrogens is 438 g/mol. The van der Waals surface area contributed by atoms with E-state index in [-0.39, 0.29) is 0 Å². The SMILES string of the molecule is C=CCc1ccc2c(c1)c1cc(-c3cc(C)cc(C)c3)ccc1n2-c1nc2ccccc2n1C.CC. The second-order valence-corrected chi connectivity index (χ2v) is 9.25. The van der Waals surface area contributed by atoms with Crippen LogP contribution in [0.25, 0.3) is 49.9 Å². The smallest absolute Gasteiger partial charge is 0.215 e. The molecule has 0 atom stereocenters. The lowest BCUT2D eigenvalue weighted by molar-refractivity contribution is 0.869. The van der Waals surface area contributed by atoms with Crippen molar-refractivity contribution in [2.24, 2.45) is 7.05 Å². The normalized spacial score (nSPS) is 11.1. The van der Waals surface area contributed by atoms with Gasteiger partial charge in [-0.15, -0.1) is 6.58 Å². The van der Waals surface area contributed by atoms with Crippen molar-refractivity contribution in [3.63, 3.8) is 0 Å². The first-order valence-electron chi connectivity index (χ1n) is 12.7. The molecule has 0 fully saturated rings. The quantitative estimate of drug-likeness (QED) is 0.236. The monoisotopic (exact) mass is 471 g/mol. The molecule has 4 aromatic carbocycles. The number of allylic oxidation sites excluding steroid dienone is 1. The van der Waals surface area contributed by atoms with Gasteiger partial charge in [0.2, 0.25) is 5.95 Å². The highest BCUT2D eigenvalue weighted by Crippen LogP contribution is 2.36. The van der Waals surface area contributed by atoms with Crippen LogP contribution in [0, 0.1) is 13.8 Å². The second-order valence-electron chi connectivity index (χ2n) is 9.25. The molecule has 0 radical (unpaired) electrons. The zero-order chi connectivity index (χ0) is 25.4. The molecule has 36 heavy (non-hydrogen) atoms. The van der Waals surface area contributed by atoms with Crippen molar-refractivity contribution in [2.45, 2.75) is 34.1 Å². The maximum absolute atomic E-state index is 5.03. The van der Waals surface area contributed by atoms with Crippen LogP contribution in [0.1, 0.15) is 30.5 Å². The molecule has 3 heteroatoms. The maximum atomic E-state index is 5.03. The zero-order valence-corrected chi connectivity index (χ0v) is 21.8. The average Bonchev–Trinajstić information content (AvgIpc) is 3.38. The Morgan fingerprint density at radius 3 is 2.11 bits per heavy atom. The van der Waals surface area contributed by atoms with E-state index >= 15 is 0 Å². The number of aromatic nitrogens is 3. The zero-order valence-electron chi connectivity index (χ0n) is 21.8. The van der Waals surface area contributed by atoms with E-state index in [1.807, 2.05) is 26.0 Å². The fraction of sp³-hybridized carbons (Fsp3) is 0.182. The molecule has 0 amide bonds. The van der Waals surface area contributed by atoms with Gasteiger partial charge in [0.25, 0.3) is 0 Å². The highest BCUT2D eigenvalue weighted by Gasteiger charge is 2.18. The van der Waals surface area contributed by atoms with Crippen molar-refractivity contribution in [1.29, 1.82) is 0 Å². The summed E-state index contributed by atoms with van der Waals surface area (Å²) in [5, 5.41) is 2.48. The molecule has 0 aliphatic heterocycles. The molecular formula is C33H33N3. The summed E-state index contributed by atoms with van der Waals surface area (Å²) in [4.78, 5) is 5.03.